The second-order valence-electron chi connectivity index (χ2n) is 6.00. The van der Waals surface area contributed by atoms with Crippen molar-refractivity contribution < 1.29 is 19.0 Å². The number of methoxy groups -OCH3 is 1. The molecule has 1 aliphatic heterocycles. The van der Waals surface area contributed by atoms with Gasteiger partial charge in [0, 0.05) is 6.54 Å². The van der Waals surface area contributed by atoms with Gasteiger partial charge < -0.3 is 24.8 Å². The predicted octanol–water partition coefficient (Wildman–Crippen LogP) is 2.46. The minimum Gasteiger partial charge on any atom is -0.493 e. The van der Waals surface area contributed by atoms with Gasteiger partial charge in [0.15, 0.2) is 11.5 Å². The van der Waals surface area contributed by atoms with Gasteiger partial charge in [-0.2, -0.15) is 0 Å². The number of halogens is 1. The van der Waals surface area contributed by atoms with Crippen molar-refractivity contribution in [2.24, 2.45) is 0 Å². The Hall–Kier alpha value is -1.50. The first-order valence-electron chi connectivity index (χ1n) is 8.53. The monoisotopic (exact) mass is 372 g/mol. The minimum atomic E-state index is -0.324. The molecule has 1 aliphatic rings. The Labute approximate surface area is 156 Å². The Kier molecular flexibility index (Phi) is 9.03. The normalized spacial score (nSPS) is 21.0. The Morgan fingerprint density at radius 2 is 2.20 bits per heavy atom. The molecule has 0 spiro atoms. The Morgan fingerprint density at radius 3 is 2.84 bits per heavy atom. The lowest BCUT2D eigenvalue weighted by molar-refractivity contribution is -0.129. The van der Waals surface area contributed by atoms with Crippen molar-refractivity contribution in [1.29, 1.82) is 0 Å². The van der Waals surface area contributed by atoms with E-state index >= 15 is 0 Å². The van der Waals surface area contributed by atoms with E-state index in [1.807, 2.05) is 32.0 Å². The van der Waals surface area contributed by atoms with Crippen LogP contribution < -0.4 is 20.1 Å². The van der Waals surface area contributed by atoms with Gasteiger partial charge in [-0.15, -0.1) is 12.4 Å². The van der Waals surface area contributed by atoms with Crippen LogP contribution in [-0.4, -0.2) is 44.9 Å². The van der Waals surface area contributed by atoms with Crippen molar-refractivity contribution in [2.75, 3.05) is 26.9 Å². The van der Waals surface area contributed by atoms with Crippen LogP contribution in [0.3, 0.4) is 0 Å². The van der Waals surface area contributed by atoms with Crippen LogP contribution in [0.4, 0.5) is 0 Å². The molecule has 1 aromatic carbocycles. The maximum Gasteiger partial charge on any atom is 0.240 e. The molecular weight excluding hydrogens is 344 g/mol. The topological polar surface area (TPSA) is 68.8 Å². The van der Waals surface area contributed by atoms with E-state index in [2.05, 4.69) is 17.6 Å². The standard InChI is InChI=1S/C18H28N2O4.ClH/c1-5-9-24-15-7-6-14(11-16(15)22-4)12(2)20-18(21)17-13(3)23-10-8-19-17;/h6-7,11-13,17,19H,5,8-10H2,1-4H3,(H,20,21);1H/t12?,13-,17+;/m1./s1. The summed E-state index contributed by atoms with van der Waals surface area (Å²) in [5.74, 6) is 1.34. The zero-order valence-corrected chi connectivity index (χ0v) is 16.2. The Bertz CT molecular complexity index is 556. The highest BCUT2D eigenvalue weighted by atomic mass is 35.5. The third-order valence-electron chi connectivity index (χ3n) is 4.11. The molecule has 6 nitrogen and oxygen atoms in total. The number of morpholine rings is 1. The maximum atomic E-state index is 12.4. The molecule has 3 atom stereocenters. The molecule has 1 heterocycles. The molecule has 2 rings (SSSR count). The van der Waals surface area contributed by atoms with Gasteiger partial charge in [0.05, 0.1) is 32.5 Å². The highest BCUT2D eigenvalue weighted by Crippen LogP contribution is 2.30. The fourth-order valence-corrected chi connectivity index (χ4v) is 2.70. The summed E-state index contributed by atoms with van der Waals surface area (Å²) >= 11 is 0. The highest BCUT2D eigenvalue weighted by Gasteiger charge is 2.29. The maximum absolute atomic E-state index is 12.4. The molecule has 7 heteroatoms. The number of ether oxygens (including phenoxy) is 3. The van der Waals surface area contributed by atoms with E-state index in [-0.39, 0.29) is 36.5 Å². The van der Waals surface area contributed by atoms with E-state index in [1.54, 1.807) is 7.11 Å². The number of hydrogen-bond donors (Lipinski definition) is 2. The van der Waals surface area contributed by atoms with E-state index in [4.69, 9.17) is 14.2 Å². The number of amides is 1. The van der Waals surface area contributed by atoms with Crippen molar-refractivity contribution >= 4 is 18.3 Å². The molecule has 142 valence electrons. The van der Waals surface area contributed by atoms with Crippen molar-refractivity contribution in [2.45, 2.75) is 45.4 Å². The van der Waals surface area contributed by atoms with E-state index in [1.165, 1.54) is 0 Å². The van der Waals surface area contributed by atoms with Gasteiger partial charge in [-0.1, -0.05) is 13.0 Å². The van der Waals surface area contributed by atoms with Crippen molar-refractivity contribution in [3.8, 4) is 11.5 Å². The van der Waals surface area contributed by atoms with Crippen LogP contribution >= 0.6 is 12.4 Å². The van der Waals surface area contributed by atoms with E-state index in [0.717, 1.165) is 17.7 Å². The second-order valence-corrected chi connectivity index (χ2v) is 6.00. The summed E-state index contributed by atoms with van der Waals surface area (Å²) in [6, 6.07) is 5.28. The summed E-state index contributed by atoms with van der Waals surface area (Å²) < 4.78 is 16.6. The number of carbonyl (C=O) groups excluding carboxylic acids is 1. The molecule has 0 bridgehead atoms. The zero-order valence-electron chi connectivity index (χ0n) is 15.3. The molecular formula is C18H29ClN2O4. The van der Waals surface area contributed by atoms with Crippen LogP contribution in [0.25, 0.3) is 0 Å². The Balaban J connectivity index is 0.00000312. The summed E-state index contributed by atoms with van der Waals surface area (Å²) in [6.45, 7) is 7.89. The molecule has 1 fully saturated rings. The molecule has 25 heavy (non-hydrogen) atoms. The van der Waals surface area contributed by atoms with Crippen LogP contribution in [0.2, 0.25) is 0 Å². The van der Waals surface area contributed by atoms with Crippen LogP contribution in [-0.2, 0) is 9.53 Å². The second kappa shape index (κ2) is 10.5. The lowest BCUT2D eigenvalue weighted by Crippen LogP contribution is -2.55. The highest BCUT2D eigenvalue weighted by molar-refractivity contribution is 5.85. The third kappa shape index (κ3) is 5.76. The molecule has 0 aromatic heterocycles. The summed E-state index contributed by atoms with van der Waals surface area (Å²) in [6.07, 6.45) is 0.803. The van der Waals surface area contributed by atoms with Gasteiger partial charge in [0.1, 0.15) is 6.04 Å². The van der Waals surface area contributed by atoms with Crippen LogP contribution in [0.15, 0.2) is 18.2 Å². The number of hydrogen-bond acceptors (Lipinski definition) is 5. The third-order valence-corrected chi connectivity index (χ3v) is 4.11. The summed E-state index contributed by atoms with van der Waals surface area (Å²) in [4.78, 5) is 12.4. The quantitative estimate of drug-likeness (QED) is 0.769. The van der Waals surface area contributed by atoms with Gasteiger partial charge in [-0.05, 0) is 38.0 Å². The van der Waals surface area contributed by atoms with Gasteiger partial charge in [0.25, 0.3) is 0 Å². The molecule has 1 saturated heterocycles. The predicted molar refractivity (Wildman–Crippen MR) is 99.8 cm³/mol. The lowest BCUT2D eigenvalue weighted by Gasteiger charge is -2.30. The number of benzene rings is 1. The molecule has 2 N–H and O–H groups in total. The average Bonchev–Trinajstić information content (AvgIpc) is 2.59. The van der Waals surface area contributed by atoms with Crippen molar-refractivity contribution in [1.82, 2.24) is 10.6 Å². The molecule has 0 radical (unpaired) electrons. The van der Waals surface area contributed by atoms with E-state index in [0.29, 0.717) is 25.5 Å². The smallest absolute Gasteiger partial charge is 0.240 e. The molecule has 0 aliphatic carbocycles. The number of nitrogens with one attached hydrogen (secondary N) is 2. The SMILES string of the molecule is CCCOc1ccc(C(C)NC(=O)[C@H]2NCCO[C@@H]2C)cc1OC.Cl. The molecule has 1 amide bonds. The average molecular weight is 373 g/mol. The van der Waals surface area contributed by atoms with Gasteiger partial charge >= 0.3 is 0 Å². The van der Waals surface area contributed by atoms with E-state index in [9.17, 15) is 4.79 Å². The fraction of sp³-hybridized carbons (Fsp3) is 0.611. The first-order valence-corrected chi connectivity index (χ1v) is 8.53. The van der Waals surface area contributed by atoms with Gasteiger partial charge in [-0.3, -0.25) is 4.79 Å². The number of rotatable bonds is 7. The molecule has 0 saturated carbocycles. The molecule has 1 aromatic rings. The Morgan fingerprint density at radius 1 is 1.44 bits per heavy atom. The first-order chi connectivity index (χ1) is 11.6. The minimum absolute atomic E-state index is 0. The molecule has 1 unspecified atom stereocenters. The van der Waals surface area contributed by atoms with Crippen molar-refractivity contribution in [3.63, 3.8) is 0 Å². The zero-order chi connectivity index (χ0) is 17.5. The largest absolute Gasteiger partial charge is 0.493 e. The first kappa shape index (κ1) is 21.5. The lowest BCUT2D eigenvalue weighted by atomic mass is 10.1. The summed E-state index contributed by atoms with van der Waals surface area (Å²) in [5.41, 5.74) is 0.966. The fourth-order valence-electron chi connectivity index (χ4n) is 2.70. The van der Waals surface area contributed by atoms with Crippen LogP contribution in [0, 0.1) is 0 Å². The number of carbonyl (C=O) groups is 1. The summed E-state index contributed by atoms with van der Waals surface area (Å²) in [5, 5.41) is 6.23. The van der Waals surface area contributed by atoms with Gasteiger partial charge in [0.2, 0.25) is 5.91 Å². The van der Waals surface area contributed by atoms with Crippen LogP contribution in [0.5, 0.6) is 11.5 Å². The van der Waals surface area contributed by atoms with E-state index < -0.39 is 0 Å². The van der Waals surface area contributed by atoms with Crippen molar-refractivity contribution in [3.05, 3.63) is 23.8 Å². The van der Waals surface area contributed by atoms with Crippen LogP contribution in [0.1, 0.15) is 38.8 Å². The van der Waals surface area contributed by atoms with Gasteiger partial charge in [-0.25, -0.2) is 0 Å². The summed E-state index contributed by atoms with van der Waals surface area (Å²) in [7, 11) is 1.62.